The lowest BCUT2D eigenvalue weighted by Crippen LogP contribution is -1.80. The number of allylic oxidation sites excluding steroid dienone is 1. The van der Waals surface area contributed by atoms with Gasteiger partial charge in [0.1, 0.15) is 0 Å². The second kappa shape index (κ2) is 12.5. The highest BCUT2D eigenvalue weighted by atomic mass is 16.5. The highest BCUT2D eigenvalue weighted by Gasteiger charge is 1.88. The molecule has 0 spiro atoms. The lowest BCUT2D eigenvalue weighted by Gasteiger charge is -1.98. The highest BCUT2D eigenvalue weighted by Crippen LogP contribution is 2.08. The van der Waals surface area contributed by atoms with Gasteiger partial charge in [-0.15, -0.1) is 0 Å². The molecule has 1 nitrogen and oxygen atoms in total. The van der Waals surface area contributed by atoms with E-state index in [0.29, 0.717) is 0 Å². The summed E-state index contributed by atoms with van der Waals surface area (Å²) in [6, 6.07) is 0. The summed E-state index contributed by atoms with van der Waals surface area (Å²) in [4.78, 5) is 0. The van der Waals surface area contributed by atoms with Crippen molar-refractivity contribution in [2.24, 2.45) is 0 Å². The molecule has 0 N–H and O–H groups in total. The van der Waals surface area contributed by atoms with E-state index in [1.807, 2.05) is 13.2 Å². The van der Waals surface area contributed by atoms with Crippen LogP contribution in [0.1, 0.15) is 65.2 Å². The first-order valence-electron chi connectivity index (χ1n) is 6.18. The van der Waals surface area contributed by atoms with E-state index in [1.54, 1.807) is 0 Å². The van der Waals surface area contributed by atoms with Crippen LogP contribution in [-0.4, -0.2) is 6.61 Å². The van der Waals surface area contributed by atoms with Gasteiger partial charge >= 0.3 is 0 Å². The van der Waals surface area contributed by atoms with Gasteiger partial charge in [-0.3, -0.25) is 0 Å². The van der Waals surface area contributed by atoms with Gasteiger partial charge in [0.25, 0.3) is 0 Å². The molecule has 0 aliphatic heterocycles. The predicted molar refractivity (Wildman–Crippen MR) is 63.4 cm³/mol. The van der Waals surface area contributed by atoms with Crippen molar-refractivity contribution in [1.82, 2.24) is 0 Å². The van der Waals surface area contributed by atoms with E-state index in [2.05, 4.69) is 13.0 Å². The molecule has 14 heavy (non-hydrogen) atoms. The quantitative estimate of drug-likeness (QED) is 0.366. The molecule has 0 unspecified atom stereocenters. The van der Waals surface area contributed by atoms with Crippen LogP contribution in [-0.2, 0) is 4.74 Å². The van der Waals surface area contributed by atoms with Crippen LogP contribution in [0.25, 0.3) is 0 Å². The minimum absolute atomic E-state index is 0.785. The number of rotatable bonds is 10. The van der Waals surface area contributed by atoms with E-state index in [1.165, 1.54) is 51.4 Å². The van der Waals surface area contributed by atoms with Crippen molar-refractivity contribution in [3.8, 4) is 0 Å². The minimum Gasteiger partial charge on any atom is -0.502 e. The zero-order chi connectivity index (χ0) is 10.5. The van der Waals surface area contributed by atoms with Gasteiger partial charge in [0.05, 0.1) is 12.9 Å². The Balaban J connectivity index is 2.91. The third kappa shape index (κ3) is 11.5. The predicted octanol–water partition coefficient (Wildman–Crippen LogP) is 4.68. The fourth-order valence-electron chi connectivity index (χ4n) is 1.45. The van der Waals surface area contributed by atoms with Gasteiger partial charge in [0.2, 0.25) is 0 Å². The molecule has 0 fully saturated rings. The first kappa shape index (κ1) is 13.5. The number of unbranched alkanes of at least 4 members (excludes halogenated alkanes) is 7. The highest BCUT2D eigenvalue weighted by molar-refractivity contribution is 4.72. The van der Waals surface area contributed by atoms with Crippen LogP contribution in [0.5, 0.6) is 0 Å². The average molecular weight is 198 g/mol. The molecule has 0 aliphatic carbocycles. The van der Waals surface area contributed by atoms with Gasteiger partial charge in [-0.25, -0.2) is 0 Å². The zero-order valence-electron chi connectivity index (χ0n) is 9.93. The summed E-state index contributed by atoms with van der Waals surface area (Å²) in [6.07, 6.45) is 14.8. The number of hydrogen-bond acceptors (Lipinski definition) is 1. The van der Waals surface area contributed by atoms with E-state index in [-0.39, 0.29) is 0 Å². The summed E-state index contributed by atoms with van der Waals surface area (Å²) in [5.41, 5.74) is 0. The molecule has 0 rings (SSSR count). The van der Waals surface area contributed by atoms with Crippen molar-refractivity contribution < 1.29 is 4.74 Å². The normalized spacial score (nSPS) is 11.0. The monoisotopic (exact) mass is 198 g/mol. The second-order valence-corrected chi connectivity index (χ2v) is 3.74. The second-order valence-electron chi connectivity index (χ2n) is 3.74. The molecule has 0 aromatic heterocycles. The summed E-state index contributed by atoms with van der Waals surface area (Å²) in [6.45, 7) is 5.06. The van der Waals surface area contributed by atoms with E-state index in [0.717, 1.165) is 6.61 Å². The van der Waals surface area contributed by atoms with Crippen LogP contribution in [0.15, 0.2) is 12.3 Å². The standard InChI is InChI=1S/C13H26O/c1-3-5-6-7-8-9-10-11-12-13-14-4-2/h12-13H,3-11H2,1-2H3. The SMILES string of the molecule is CCCCCCCCCC=COCC. The van der Waals surface area contributed by atoms with Crippen molar-refractivity contribution in [2.75, 3.05) is 6.61 Å². The van der Waals surface area contributed by atoms with Gasteiger partial charge in [-0.1, -0.05) is 45.4 Å². The molecule has 0 saturated heterocycles. The Kier molecular flexibility index (Phi) is 12.1. The Labute approximate surface area is 89.5 Å². The maximum absolute atomic E-state index is 5.11. The van der Waals surface area contributed by atoms with Crippen LogP contribution >= 0.6 is 0 Å². The van der Waals surface area contributed by atoms with E-state index < -0.39 is 0 Å². The zero-order valence-corrected chi connectivity index (χ0v) is 9.93. The van der Waals surface area contributed by atoms with Crippen molar-refractivity contribution in [3.63, 3.8) is 0 Å². The summed E-state index contributed by atoms with van der Waals surface area (Å²) in [5.74, 6) is 0. The molecule has 0 aliphatic rings. The Hall–Kier alpha value is -0.460. The largest absolute Gasteiger partial charge is 0.502 e. The van der Waals surface area contributed by atoms with Gasteiger partial charge in [-0.05, 0) is 25.8 Å². The Morgan fingerprint density at radius 2 is 1.50 bits per heavy atom. The third-order valence-corrected chi connectivity index (χ3v) is 2.33. The van der Waals surface area contributed by atoms with Crippen LogP contribution in [0.2, 0.25) is 0 Å². The van der Waals surface area contributed by atoms with Crippen molar-refractivity contribution in [2.45, 2.75) is 65.2 Å². The van der Waals surface area contributed by atoms with Crippen molar-refractivity contribution >= 4 is 0 Å². The Morgan fingerprint density at radius 1 is 0.857 bits per heavy atom. The number of ether oxygens (including phenoxy) is 1. The van der Waals surface area contributed by atoms with Gasteiger partial charge < -0.3 is 4.74 Å². The van der Waals surface area contributed by atoms with E-state index in [9.17, 15) is 0 Å². The molecular formula is C13H26O. The molecular weight excluding hydrogens is 172 g/mol. The van der Waals surface area contributed by atoms with Gasteiger partial charge in [0.15, 0.2) is 0 Å². The molecule has 0 saturated carbocycles. The van der Waals surface area contributed by atoms with Crippen LogP contribution in [0.3, 0.4) is 0 Å². The van der Waals surface area contributed by atoms with Crippen LogP contribution < -0.4 is 0 Å². The molecule has 0 bridgehead atoms. The van der Waals surface area contributed by atoms with Gasteiger partial charge in [0, 0.05) is 0 Å². The lowest BCUT2D eigenvalue weighted by molar-refractivity contribution is 0.268. The molecule has 0 atom stereocenters. The summed E-state index contributed by atoms with van der Waals surface area (Å²) >= 11 is 0. The van der Waals surface area contributed by atoms with Crippen molar-refractivity contribution in [1.29, 1.82) is 0 Å². The van der Waals surface area contributed by atoms with Crippen LogP contribution in [0, 0.1) is 0 Å². The Bertz CT molecular complexity index is 118. The summed E-state index contributed by atoms with van der Waals surface area (Å²) < 4.78 is 5.11. The average Bonchev–Trinajstić information content (AvgIpc) is 2.21. The van der Waals surface area contributed by atoms with Gasteiger partial charge in [-0.2, -0.15) is 0 Å². The van der Waals surface area contributed by atoms with E-state index >= 15 is 0 Å². The maximum atomic E-state index is 5.11. The van der Waals surface area contributed by atoms with E-state index in [4.69, 9.17) is 4.74 Å². The van der Waals surface area contributed by atoms with Crippen molar-refractivity contribution in [3.05, 3.63) is 12.3 Å². The first-order valence-corrected chi connectivity index (χ1v) is 6.18. The number of hydrogen-bond donors (Lipinski definition) is 0. The smallest absolute Gasteiger partial charge is 0.0845 e. The minimum atomic E-state index is 0.785. The molecule has 1 heteroatoms. The molecule has 0 aromatic rings. The first-order chi connectivity index (χ1) is 6.91. The summed E-state index contributed by atoms with van der Waals surface area (Å²) in [5, 5.41) is 0. The molecule has 0 amide bonds. The maximum Gasteiger partial charge on any atom is 0.0845 e. The van der Waals surface area contributed by atoms with Crippen LogP contribution in [0.4, 0.5) is 0 Å². The molecule has 84 valence electrons. The third-order valence-electron chi connectivity index (χ3n) is 2.33. The Morgan fingerprint density at radius 3 is 2.14 bits per heavy atom. The molecule has 0 radical (unpaired) electrons. The molecule has 0 heterocycles. The fraction of sp³-hybridized carbons (Fsp3) is 0.846. The fourth-order valence-corrected chi connectivity index (χ4v) is 1.45. The molecule has 0 aromatic carbocycles. The topological polar surface area (TPSA) is 9.23 Å². The lowest BCUT2D eigenvalue weighted by atomic mass is 10.1. The summed E-state index contributed by atoms with van der Waals surface area (Å²) in [7, 11) is 0.